The van der Waals surface area contributed by atoms with Gasteiger partial charge in [-0.15, -0.1) is 0 Å². The Morgan fingerprint density at radius 3 is 2.41 bits per heavy atom. The molecule has 22 heavy (non-hydrogen) atoms. The first-order valence-corrected chi connectivity index (χ1v) is 6.55. The summed E-state index contributed by atoms with van der Waals surface area (Å²) in [6.45, 7) is 0.875. The Balaban J connectivity index is 2.52. The molecule has 0 aliphatic heterocycles. The Labute approximate surface area is 126 Å². The second-order valence-electron chi connectivity index (χ2n) is 4.78. The van der Waals surface area contributed by atoms with Gasteiger partial charge in [-0.1, -0.05) is 6.92 Å². The Hall–Kier alpha value is -2.38. The zero-order valence-electron chi connectivity index (χ0n) is 12.3. The number of alkyl halides is 2. The fourth-order valence-electron chi connectivity index (χ4n) is 1.58. The quantitative estimate of drug-likeness (QED) is 0.810. The summed E-state index contributed by atoms with van der Waals surface area (Å²) >= 11 is 0. The van der Waals surface area contributed by atoms with E-state index in [9.17, 15) is 18.4 Å². The molecule has 0 bridgehead atoms. The van der Waals surface area contributed by atoms with Gasteiger partial charge in [-0.2, -0.15) is 0 Å². The number of hydrogen-bond donors (Lipinski definition) is 2. The molecule has 6 nitrogen and oxygen atoms in total. The van der Waals surface area contributed by atoms with Crippen molar-refractivity contribution in [1.29, 1.82) is 0 Å². The number of ether oxygens (including phenoxy) is 1. The Morgan fingerprint density at radius 2 is 1.91 bits per heavy atom. The van der Waals surface area contributed by atoms with E-state index >= 15 is 0 Å². The van der Waals surface area contributed by atoms with Crippen LogP contribution in [0.4, 0.5) is 19.3 Å². The molecule has 122 valence electrons. The first-order valence-electron chi connectivity index (χ1n) is 6.55. The van der Waals surface area contributed by atoms with E-state index < -0.39 is 31.0 Å². The second kappa shape index (κ2) is 8.16. The predicted octanol–water partition coefficient (Wildman–Crippen LogP) is 2.51. The van der Waals surface area contributed by atoms with Gasteiger partial charge in [0.15, 0.2) is 0 Å². The number of carbonyl (C=O) groups is 2. The molecule has 1 aromatic carbocycles. The third-order valence-corrected chi connectivity index (χ3v) is 2.80. The average molecular weight is 316 g/mol. The van der Waals surface area contributed by atoms with Crippen molar-refractivity contribution in [2.45, 2.75) is 13.3 Å². The van der Waals surface area contributed by atoms with Gasteiger partial charge >= 0.3 is 12.0 Å². The van der Waals surface area contributed by atoms with E-state index in [4.69, 9.17) is 9.84 Å². The Morgan fingerprint density at radius 1 is 1.32 bits per heavy atom. The molecule has 8 heteroatoms. The van der Waals surface area contributed by atoms with E-state index in [-0.39, 0.29) is 12.3 Å². The number of nitrogens with one attached hydrogen (secondary N) is 1. The molecule has 2 N–H and O–H groups in total. The number of hydrogen-bond acceptors (Lipinski definition) is 3. The fraction of sp³-hybridized carbons (Fsp3) is 0.429. The summed E-state index contributed by atoms with van der Waals surface area (Å²) in [5.41, 5.74) is 0.448. The number of benzene rings is 1. The maximum atomic E-state index is 12.0. The molecule has 1 rings (SSSR count). The summed E-state index contributed by atoms with van der Waals surface area (Å²) < 4.78 is 28.8. The van der Waals surface area contributed by atoms with Crippen molar-refractivity contribution in [1.82, 2.24) is 4.90 Å². The van der Waals surface area contributed by atoms with Crippen LogP contribution in [0.25, 0.3) is 0 Å². The number of anilines is 1. The van der Waals surface area contributed by atoms with Crippen molar-refractivity contribution in [3.8, 4) is 5.75 Å². The summed E-state index contributed by atoms with van der Waals surface area (Å²) in [6, 6.07) is 5.46. The number of carboxylic acid groups (broad SMARTS) is 1. The second-order valence-corrected chi connectivity index (χ2v) is 4.78. The summed E-state index contributed by atoms with van der Waals surface area (Å²) in [4.78, 5) is 23.8. The minimum Gasteiger partial charge on any atom is -0.488 e. The summed E-state index contributed by atoms with van der Waals surface area (Å²) in [5, 5.41) is 11.4. The zero-order valence-corrected chi connectivity index (χ0v) is 12.3. The molecule has 1 unspecified atom stereocenters. The standard InChI is InChI=1S/C14H18F2N2O4/c1-9(13(19)20)7-18(2)14(21)17-10-3-5-11(6-4-10)22-8-12(15)16/h3-6,9,12H,7-8H2,1-2H3,(H,17,21)(H,19,20). The van der Waals surface area contributed by atoms with Gasteiger partial charge in [0.25, 0.3) is 6.43 Å². The number of amides is 2. The molecule has 0 aliphatic carbocycles. The Bertz CT molecular complexity index is 508. The maximum Gasteiger partial charge on any atom is 0.321 e. The third-order valence-electron chi connectivity index (χ3n) is 2.80. The van der Waals surface area contributed by atoms with Crippen molar-refractivity contribution in [3.05, 3.63) is 24.3 Å². The lowest BCUT2D eigenvalue weighted by Gasteiger charge is -2.20. The monoisotopic (exact) mass is 316 g/mol. The van der Waals surface area contributed by atoms with Crippen LogP contribution >= 0.6 is 0 Å². The summed E-state index contributed by atoms with van der Waals surface area (Å²) in [6.07, 6.45) is -2.55. The lowest BCUT2D eigenvalue weighted by molar-refractivity contribution is -0.141. The van der Waals surface area contributed by atoms with Gasteiger partial charge in [-0.05, 0) is 24.3 Å². The molecule has 0 heterocycles. The maximum absolute atomic E-state index is 12.0. The van der Waals surface area contributed by atoms with Crippen LogP contribution in [0, 0.1) is 5.92 Å². The average Bonchev–Trinajstić information content (AvgIpc) is 2.46. The van der Waals surface area contributed by atoms with E-state index in [2.05, 4.69) is 5.32 Å². The van der Waals surface area contributed by atoms with Gasteiger partial charge in [-0.25, -0.2) is 13.6 Å². The van der Waals surface area contributed by atoms with Crippen LogP contribution < -0.4 is 10.1 Å². The number of carboxylic acids is 1. The first-order chi connectivity index (χ1) is 10.3. The van der Waals surface area contributed by atoms with Crippen LogP contribution in [0.2, 0.25) is 0 Å². The number of aliphatic carboxylic acids is 1. The molecule has 0 spiro atoms. The smallest absolute Gasteiger partial charge is 0.321 e. The van der Waals surface area contributed by atoms with Crippen molar-refractivity contribution >= 4 is 17.7 Å². The normalized spacial score (nSPS) is 11.9. The van der Waals surface area contributed by atoms with E-state index in [0.29, 0.717) is 5.69 Å². The van der Waals surface area contributed by atoms with Gasteiger partial charge < -0.3 is 20.1 Å². The largest absolute Gasteiger partial charge is 0.488 e. The SMILES string of the molecule is CC(CN(C)C(=O)Nc1ccc(OCC(F)F)cc1)C(=O)O. The molecule has 2 amide bonds. The van der Waals surface area contributed by atoms with E-state index in [1.54, 1.807) is 0 Å². The number of urea groups is 1. The van der Waals surface area contributed by atoms with Crippen LogP contribution in [-0.2, 0) is 4.79 Å². The highest BCUT2D eigenvalue weighted by molar-refractivity contribution is 5.89. The van der Waals surface area contributed by atoms with Crippen molar-refractivity contribution in [2.75, 3.05) is 25.5 Å². The summed E-state index contributed by atoms with van der Waals surface area (Å²) in [7, 11) is 1.48. The highest BCUT2D eigenvalue weighted by Gasteiger charge is 2.17. The molecular formula is C14H18F2N2O4. The van der Waals surface area contributed by atoms with Crippen LogP contribution in [-0.4, -0.2) is 48.6 Å². The first kappa shape index (κ1) is 17.7. The van der Waals surface area contributed by atoms with Gasteiger partial charge in [0, 0.05) is 19.3 Å². The minimum atomic E-state index is -2.55. The molecule has 1 atom stereocenters. The van der Waals surface area contributed by atoms with Gasteiger partial charge in [0.05, 0.1) is 5.92 Å². The van der Waals surface area contributed by atoms with Gasteiger partial charge in [0.2, 0.25) is 0 Å². The van der Waals surface area contributed by atoms with E-state index in [0.717, 1.165) is 0 Å². The van der Waals surface area contributed by atoms with Crippen molar-refractivity contribution < 1.29 is 28.2 Å². The molecular weight excluding hydrogens is 298 g/mol. The van der Waals surface area contributed by atoms with E-state index in [1.165, 1.54) is 43.1 Å². The molecule has 0 saturated heterocycles. The van der Waals surface area contributed by atoms with Crippen LogP contribution in [0.15, 0.2) is 24.3 Å². The minimum absolute atomic E-state index is 0.0662. The Kier molecular flexibility index (Phi) is 6.55. The highest BCUT2D eigenvalue weighted by atomic mass is 19.3. The third kappa shape index (κ3) is 5.94. The highest BCUT2D eigenvalue weighted by Crippen LogP contribution is 2.16. The zero-order chi connectivity index (χ0) is 16.7. The lowest BCUT2D eigenvalue weighted by atomic mass is 10.2. The predicted molar refractivity (Wildman–Crippen MR) is 76.4 cm³/mol. The number of halogens is 2. The number of nitrogens with zero attached hydrogens (tertiary/aromatic N) is 1. The van der Waals surface area contributed by atoms with Gasteiger partial charge in [0.1, 0.15) is 12.4 Å². The topological polar surface area (TPSA) is 78.9 Å². The van der Waals surface area contributed by atoms with Crippen LogP contribution in [0.5, 0.6) is 5.75 Å². The molecule has 0 aliphatic rings. The van der Waals surface area contributed by atoms with Gasteiger partial charge in [-0.3, -0.25) is 4.79 Å². The van der Waals surface area contributed by atoms with E-state index in [1.807, 2.05) is 0 Å². The fourth-order valence-corrected chi connectivity index (χ4v) is 1.58. The molecule has 0 fully saturated rings. The van der Waals surface area contributed by atoms with Crippen molar-refractivity contribution in [2.24, 2.45) is 5.92 Å². The number of rotatable bonds is 7. The molecule has 0 radical (unpaired) electrons. The van der Waals surface area contributed by atoms with Crippen LogP contribution in [0.3, 0.4) is 0 Å². The molecule has 1 aromatic rings. The number of carbonyl (C=O) groups excluding carboxylic acids is 1. The molecule has 0 saturated carbocycles. The van der Waals surface area contributed by atoms with Crippen molar-refractivity contribution in [3.63, 3.8) is 0 Å². The lowest BCUT2D eigenvalue weighted by Crippen LogP contribution is -2.36. The molecule has 0 aromatic heterocycles. The van der Waals surface area contributed by atoms with Crippen LogP contribution in [0.1, 0.15) is 6.92 Å². The summed E-state index contributed by atoms with van der Waals surface area (Å²) in [5.74, 6) is -1.40.